The van der Waals surface area contributed by atoms with E-state index in [0.29, 0.717) is 17.5 Å². The van der Waals surface area contributed by atoms with Crippen LogP contribution in [-0.2, 0) is 0 Å². The Kier molecular flexibility index (Phi) is 7.66. The second-order valence-electron chi connectivity index (χ2n) is 13.0. The van der Waals surface area contributed by atoms with Crippen LogP contribution in [0.25, 0.3) is 90.4 Å². The summed E-state index contributed by atoms with van der Waals surface area (Å²) in [6, 6.07) is 63.7. The SMILES string of the molecule is c1ccc(-c2nc(-c3ccccc3-n3c(-c4ccccc4)nc4ccccc43)nc(-c3ccccc3-n3c(-c4ccccc4)nc4ccccc43)n2)cc1. The van der Waals surface area contributed by atoms with E-state index in [9.17, 15) is 0 Å². The van der Waals surface area contributed by atoms with Crippen molar-refractivity contribution in [3.63, 3.8) is 0 Å². The molecule has 0 aliphatic rings. The van der Waals surface area contributed by atoms with E-state index in [2.05, 4.69) is 81.9 Å². The van der Waals surface area contributed by atoms with E-state index in [1.54, 1.807) is 0 Å². The van der Waals surface area contributed by atoms with Crippen molar-refractivity contribution in [2.24, 2.45) is 0 Å². The molecule has 3 aromatic heterocycles. The van der Waals surface area contributed by atoms with Crippen LogP contribution < -0.4 is 0 Å². The molecule has 0 atom stereocenters. The van der Waals surface area contributed by atoms with Crippen LogP contribution in [0.3, 0.4) is 0 Å². The highest BCUT2D eigenvalue weighted by atomic mass is 15.1. The molecular formula is C47H31N7. The maximum Gasteiger partial charge on any atom is 0.166 e. The fourth-order valence-electron chi connectivity index (χ4n) is 7.15. The number of hydrogen-bond acceptors (Lipinski definition) is 5. The molecule has 0 saturated carbocycles. The summed E-state index contributed by atoms with van der Waals surface area (Å²) in [7, 11) is 0. The van der Waals surface area contributed by atoms with Gasteiger partial charge in [-0.15, -0.1) is 0 Å². The van der Waals surface area contributed by atoms with Crippen molar-refractivity contribution in [1.82, 2.24) is 34.1 Å². The van der Waals surface area contributed by atoms with Gasteiger partial charge in [-0.2, -0.15) is 0 Å². The standard InChI is InChI=1S/C47H31N7/c1-4-18-32(19-5-1)43-50-44(35-24-10-14-28-39(35)53-41-30-16-12-26-37(41)48-46(53)33-20-6-2-7-21-33)52-45(51-43)36-25-11-15-29-40(36)54-42-31-17-13-27-38(42)49-47(54)34-22-8-3-9-23-34/h1-31H. The van der Waals surface area contributed by atoms with E-state index < -0.39 is 0 Å². The van der Waals surface area contributed by atoms with Crippen molar-refractivity contribution < 1.29 is 0 Å². The number of benzene rings is 7. The number of imidazole rings is 2. The van der Waals surface area contributed by atoms with Crippen LogP contribution in [0, 0.1) is 0 Å². The summed E-state index contributed by atoms with van der Waals surface area (Å²) >= 11 is 0. The molecule has 10 aromatic rings. The van der Waals surface area contributed by atoms with E-state index in [4.69, 9.17) is 24.9 Å². The third-order valence-electron chi connectivity index (χ3n) is 9.62. The first-order valence-corrected chi connectivity index (χ1v) is 17.9. The molecule has 0 saturated heterocycles. The summed E-state index contributed by atoms with van der Waals surface area (Å²) in [5, 5.41) is 0. The lowest BCUT2D eigenvalue weighted by molar-refractivity contribution is 1.04. The second kappa shape index (κ2) is 13.2. The summed E-state index contributed by atoms with van der Waals surface area (Å²) in [6.45, 7) is 0. The van der Waals surface area contributed by atoms with Crippen molar-refractivity contribution in [3.8, 4) is 68.3 Å². The van der Waals surface area contributed by atoms with Gasteiger partial charge in [0.15, 0.2) is 17.5 Å². The first-order chi connectivity index (χ1) is 26.8. The zero-order valence-corrected chi connectivity index (χ0v) is 29.0. The largest absolute Gasteiger partial charge is 0.292 e. The second-order valence-corrected chi connectivity index (χ2v) is 13.0. The van der Waals surface area contributed by atoms with Crippen LogP contribution in [0.2, 0.25) is 0 Å². The van der Waals surface area contributed by atoms with Gasteiger partial charge < -0.3 is 0 Å². The normalized spacial score (nSPS) is 11.3. The van der Waals surface area contributed by atoms with Crippen molar-refractivity contribution in [2.45, 2.75) is 0 Å². The molecule has 7 aromatic carbocycles. The maximum atomic E-state index is 5.32. The minimum Gasteiger partial charge on any atom is -0.292 e. The Labute approximate surface area is 311 Å². The number of aromatic nitrogens is 7. The highest BCUT2D eigenvalue weighted by Crippen LogP contribution is 2.37. The molecular weight excluding hydrogens is 663 g/mol. The van der Waals surface area contributed by atoms with Crippen molar-refractivity contribution >= 4 is 22.1 Å². The average molecular weight is 694 g/mol. The Bertz CT molecular complexity index is 2750. The van der Waals surface area contributed by atoms with Crippen LogP contribution in [-0.4, -0.2) is 34.1 Å². The van der Waals surface area contributed by atoms with Gasteiger partial charge in [0.1, 0.15) is 11.6 Å². The molecule has 0 N–H and O–H groups in total. The molecule has 0 amide bonds. The lowest BCUT2D eigenvalue weighted by Gasteiger charge is -2.17. The fourth-order valence-corrected chi connectivity index (χ4v) is 7.15. The number of fused-ring (bicyclic) bond motifs is 2. The Morgan fingerprint density at radius 3 is 1.09 bits per heavy atom. The highest BCUT2D eigenvalue weighted by molar-refractivity contribution is 5.88. The van der Waals surface area contributed by atoms with E-state index in [1.807, 2.05) is 115 Å². The summed E-state index contributed by atoms with van der Waals surface area (Å²) in [5.74, 6) is 3.37. The molecule has 0 unspecified atom stereocenters. The quantitative estimate of drug-likeness (QED) is 0.166. The topological polar surface area (TPSA) is 74.3 Å². The van der Waals surface area contributed by atoms with Gasteiger partial charge in [-0.05, 0) is 48.5 Å². The first-order valence-electron chi connectivity index (χ1n) is 17.9. The fraction of sp³-hybridized carbons (Fsp3) is 0. The smallest absolute Gasteiger partial charge is 0.166 e. The van der Waals surface area contributed by atoms with Gasteiger partial charge in [0.25, 0.3) is 0 Å². The molecule has 3 heterocycles. The van der Waals surface area contributed by atoms with E-state index in [0.717, 1.165) is 72.9 Å². The van der Waals surface area contributed by atoms with E-state index >= 15 is 0 Å². The zero-order valence-electron chi connectivity index (χ0n) is 29.0. The molecule has 7 nitrogen and oxygen atoms in total. The van der Waals surface area contributed by atoms with Gasteiger partial charge in [0.05, 0.1) is 33.4 Å². The number of para-hydroxylation sites is 6. The molecule has 0 bridgehead atoms. The van der Waals surface area contributed by atoms with Crippen molar-refractivity contribution in [3.05, 3.63) is 188 Å². The van der Waals surface area contributed by atoms with Crippen LogP contribution in [0.4, 0.5) is 0 Å². The first kappa shape index (κ1) is 31.2. The minimum absolute atomic E-state index is 0.555. The molecule has 0 radical (unpaired) electrons. The average Bonchev–Trinajstić information content (AvgIpc) is 3.84. The lowest BCUT2D eigenvalue weighted by Crippen LogP contribution is -2.06. The molecule has 7 heteroatoms. The summed E-state index contributed by atoms with van der Waals surface area (Å²) in [4.78, 5) is 25.9. The van der Waals surface area contributed by atoms with Gasteiger partial charge in [-0.3, -0.25) is 9.13 Å². The molecule has 0 aliphatic heterocycles. The van der Waals surface area contributed by atoms with Gasteiger partial charge in [0, 0.05) is 27.8 Å². The Balaban J connectivity index is 1.23. The zero-order chi connectivity index (χ0) is 35.8. The van der Waals surface area contributed by atoms with Crippen LogP contribution in [0.15, 0.2) is 188 Å². The van der Waals surface area contributed by atoms with Gasteiger partial charge in [-0.1, -0.05) is 140 Å². The molecule has 254 valence electrons. The lowest BCUT2D eigenvalue weighted by atomic mass is 10.1. The number of nitrogens with zero attached hydrogens (tertiary/aromatic N) is 7. The predicted molar refractivity (Wildman–Crippen MR) is 216 cm³/mol. The summed E-state index contributed by atoms with van der Waals surface area (Å²) < 4.78 is 4.42. The molecule has 10 rings (SSSR count). The highest BCUT2D eigenvalue weighted by Gasteiger charge is 2.23. The predicted octanol–water partition coefficient (Wildman–Crippen LogP) is 10.9. The summed E-state index contributed by atoms with van der Waals surface area (Å²) in [6.07, 6.45) is 0. The number of rotatable bonds is 7. The molecule has 0 fully saturated rings. The van der Waals surface area contributed by atoms with Crippen LogP contribution in [0.5, 0.6) is 0 Å². The van der Waals surface area contributed by atoms with Crippen LogP contribution >= 0.6 is 0 Å². The number of hydrogen-bond donors (Lipinski definition) is 0. The third kappa shape index (κ3) is 5.43. The minimum atomic E-state index is 0.555. The molecule has 54 heavy (non-hydrogen) atoms. The molecule has 0 spiro atoms. The third-order valence-corrected chi connectivity index (χ3v) is 9.62. The van der Waals surface area contributed by atoms with Crippen molar-refractivity contribution in [2.75, 3.05) is 0 Å². The Hall–Kier alpha value is -7.51. The van der Waals surface area contributed by atoms with E-state index in [1.165, 1.54) is 0 Å². The molecule has 0 aliphatic carbocycles. The van der Waals surface area contributed by atoms with Crippen molar-refractivity contribution in [1.29, 1.82) is 0 Å². The van der Waals surface area contributed by atoms with Gasteiger partial charge in [-0.25, -0.2) is 24.9 Å². The summed E-state index contributed by atoms with van der Waals surface area (Å²) in [5.41, 5.74) is 10.3. The van der Waals surface area contributed by atoms with E-state index in [-0.39, 0.29) is 0 Å². The van der Waals surface area contributed by atoms with Crippen LogP contribution in [0.1, 0.15) is 0 Å². The van der Waals surface area contributed by atoms with Gasteiger partial charge in [0.2, 0.25) is 0 Å². The monoisotopic (exact) mass is 693 g/mol. The Morgan fingerprint density at radius 2 is 0.630 bits per heavy atom. The Morgan fingerprint density at radius 1 is 0.278 bits per heavy atom. The van der Waals surface area contributed by atoms with Gasteiger partial charge >= 0.3 is 0 Å². The maximum absolute atomic E-state index is 5.32.